The Hall–Kier alpha value is -6.94. The van der Waals surface area contributed by atoms with Crippen LogP contribution in [0, 0.1) is 0 Å². The van der Waals surface area contributed by atoms with E-state index < -0.39 is 0 Å². The molecule has 9 aromatic carbocycles. The van der Waals surface area contributed by atoms with Crippen molar-refractivity contribution in [3.63, 3.8) is 0 Å². The average Bonchev–Trinajstić information content (AvgIpc) is 3.70. The summed E-state index contributed by atoms with van der Waals surface area (Å²) in [6.45, 7) is 9.01. The van der Waals surface area contributed by atoms with Crippen LogP contribution < -0.4 is 9.80 Å². The van der Waals surface area contributed by atoms with Crippen LogP contribution in [0.5, 0.6) is 0 Å². The largest absolute Gasteiger partial charge is 0.310 e. The monoisotopic (exact) mass is 832 g/mol. The van der Waals surface area contributed by atoms with E-state index in [0.29, 0.717) is 0 Å². The van der Waals surface area contributed by atoms with Gasteiger partial charge >= 0.3 is 0 Å². The standard InChI is InChI=1S/C60H52N2S/c1-5-43-22-28-52(36-45(43)7-3)61(54-30-24-47-13-9-11-15-49(47)38-54)51-26-19-41(20-27-51)17-18-42-21-33-57-58-34-32-56(40-60(58)63-59(57)35-42)62(53-29-23-44(6-2)46(8-4)37-53)55-31-25-48-14-10-12-16-50(48)39-55/h9-40H,5-8H2,1-4H3/b18-17+. The zero-order valence-corrected chi connectivity index (χ0v) is 37.4. The number of hydrogen-bond acceptors (Lipinski definition) is 3. The Bertz CT molecular complexity index is 3300. The second-order valence-corrected chi connectivity index (χ2v) is 17.6. The number of benzene rings is 9. The van der Waals surface area contributed by atoms with Crippen LogP contribution in [0.4, 0.5) is 34.1 Å². The van der Waals surface area contributed by atoms with Crippen molar-refractivity contribution in [3.8, 4) is 0 Å². The zero-order valence-electron chi connectivity index (χ0n) is 36.6. The minimum absolute atomic E-state index is 1.01. The number of rotatable bonds is 12. The van der Waals surface area contributed by atoms with Crippen LogP contribution in [0.2, 0.25) is 0 Å². The molecule has 2 nitrogen and oxygen atoms in total. The molecule has 63 heavy (non-hydrogen) atoms. The molecule has 0 saturated heterocycles. The SMILES string of the molecule is CCc1ccc(N(c2ccc(/C=C/c3ccc4c(c3)sc3cc(N(c5ccc(CC)c(CC)c5)c5ccc6ccccc6c5)ccc34)cc2)c2ccc3ccccc3c2)cc1CC. The van der Waals surface area contributed by atoms with Crippen LogP contribution in [0.15, 0.2) is 182 Å². The van der Waals surface area contributed by atoms with Crippen molar-refractivity contribution in [3.05, 3.63) is 215 Å². The van der Waals surface area contributed by atoms with Crippen molar-refractivity contribution in [1.82, 2.24) is 0 Å². The molecule has 0 unspecified atom stereocenters. The summed E-state index contributed by atoms with van der Waals surface area (Å²) in [6, 6.07) is 67.7. The van der Waals surface area contributed by atoms with Gasteiger partial charge in [-0.1, -0.05) is 143 Å². The maximum Gasteiger partial charge on any atom is 0.0476 e. The van der Waals surface area contributed by atoms with E-state index in [2.05, 4.69) is 232 Å². The summed E-state index contributed by atoms with van der Waals surface area (Å²) < 4.78 is 2.58. The molecule has 0 aliphatic rings. The topological polar surface area (TPSA) is 6.48 Å². The highest BCUT2D eigenvalue weighted by Crippen LogP contribution is 2.43. The molecule has 1 heterocycles. The van der Waals surface area contributed by atoms with E-state index in [0.717, 1.165) is 37.1 Å². The first-order valence-corrected chi connectivity index (χ1v) is 23.4. The molecule has 0 fully saturated rings. The zero-order chi connectivity index (χ0) is 42.9. The molecule has 10 aromatic rings. The molecule has 308 valence electrons. The van der Waals surface area contributed by atoms with E-state index in [9.17, 15) is 0 Å². The van der Waals surface area contributed by atoms with Crippen LogP contribution in [0.3, 0.4) is 0 Å². The van der Waals surface area contributed by atoms with Gasteiger partial charge in [-0.15, -0.1) is 11.3 Å². The fourth-order valence-electron chi connectivity index (χ4n) is 9.33. The lowest BCUT2D eigenvalue weighted by Crippen LogP contribution is -2.10. The van der Waals surface area contributed by atoms with E-state index in [1.54, 1.807) is 0 Å². The van der Waals surface area contributed by atoms with Crippen molar-refractivity contribution in [2.24, 2.45) is 0 Å². The van der Waals surface area contributed by atoms with Gasteiger partial charge in [0.25, 0.3) is 0 Å². The van der Waals surface area contributed by atoms with Gasteiger partial charge in [-0.2, -0.15) is 0 Å². The summed E-state index contributed by atoms with van der Waals surface area (Å²) in [5.41, 5.74) is 15.0. The summed E-state index contributed by atoms with van der Waals surface area (Å²) in [4.78, 5) is 4.82. The molecule has 3 heteroatoms. The summed E-state index contributed by atoms with van der Waals surface area (Å²) >= 11 is 1.88. The predicted octanol–water partition coefficient (Wildman–Crippen LogP) is 17.7. The number of aryl methyl sites for hydroxylation is 4. The minimum atomic E-state index is 1.01. The summed E-state index contributed by atoms with van der Waals surface area (Å²) in [5.74, 6) is 0. The van der Waals surface area contributed by atoms with Gasteiger partial charge < -0.3 is 9.80 Å². The van der Waals surface area contributed by atoms with Gasteiger partial charge in [0.2, 0.25) is 0 Å². The molecule has 0 aliphatic heterocycles. The van der Waals surface area contributed by atoms with Gasteiger partial charge in [-0.3, -0.25) is 0 Å². The number of nitrogens with zero attached hydrogens (tertiary/aromatic N) is 2. The number of anilines is 6. The third-order valence-electron chi connectivity index (χ3n) is 12.8. The lowest BCUT2D eigenvalue weighted by molar-refractivity contribution is 1.03. The quantitative estimate of drug-likeness (QED) is 0.113. The molecule has 0 saturated carbocycles. The molecule has 0 amide bonds. The molecular weight excluding hydrogens is 781 g/mol. The van der Waals surface area contributed by atoms with E-state index in [1.165, 1.54) is 97.8 Å². The summed E-state index contributed by atoms with van der Waals surface area (Å²) in [6.07, 6.45) is 8.58. The van der Waals surface area contributed by atoms with Crippen LogP contribution >= 0.6 is 11.3 Å². The molecule has 0 radical (unpaired) electrons. The second-order valence-electron chi connectivity index (χ2n) is 16.5. The van der Waals surface area contributed by atoms with E-state index in [-0.39, 0.29) is 0 Å². The van der Waals surface area contributed by atoms with Gasteiger partial charge in [-0.25, -0.2) is 0 Å². The maximum atomic E-state index is 2.43. The smallest absolute Gasteiger partial charge is 0.0476 e. The first-order chi connectivity index (χ1) is 31.0. The Morgan fingerprint density at radius 3 is 1.29 bits per heavy atom. The third-order valence-corrected chi connectivity index (χ3v) is 13.9. The van der Waals surface area contributed by atoms with Crippen LogP contribution in [0.25, 0.3) is 53.9 Å². The maximum absolute atomic E-state index is 2.43. The molecular formula is C60H52N2S. The highest BCUT2D eigenvalue weighted by molar-refractivity contribution is 7.25. The van der Waals surface area contributed by atoms with Gasteiger partial charge in [-0.05, 0) is 159 Å². The normalized spacial score (nSPS) is 11.7. The van der Waals surface area contributed by atoms with Gasteiger partial charge in [0, 0.05) is 54.3 Å². The van der Waals surface area contributed by atoms with Crippen molar-refractivity contribution >= 4 is 99.3 Å². The average molecular weight is 833 g/mol. The molecule has 0 bridgehead atoms. The van der Waals surface area contributed by atoms with Crippen molar-refractivity contribution in [2.75, 3.05) is 9.80 Å². The van der Waals surface area contributed by atoms with E-state index in [1.807, 2.05) is 11.3 Å². The van der Waals surface area contributed by atoms with Crippen LogP contribution in [-0.4, -0.2) is 0 Å². The van der Waals surface area contributed by atoms with E-state index >= 15 is 0 Å². The summed E-state index contributed by atoms with van der Waals surface area (Å²) in [7, 11) is 0. The fourth-order valence-corrected chi connectivity index (χ4v) is 10.5. The second kappa shape index (κ2) is 17.4. The molecule has 0 aliphatic carbocycles. The van der Waals surface area contributed by atoms with Crippen molar-refractivity contribution in [2.45, 2.75) is 53.4 Å². The number of thiophene rings is 1. The predicted molar refractivity (Wildman–Crippen MR) is 277 cm³/mol. The molecule has 0 spiro atoms. The van der Waals surface area contributed by atoms with Gasteiger partial charge in [0.05, 0.1) is 0 Å². The van der Waals surface area contributed by atoms with Crippen molar-refractivity contribution < 1.29 is 0 Å². The molecule has 1 aromatic heterocycles. The first kappa shape index (κ1) is 40.2. The van der Waals surface area contributed by atoms with Crippen LogP contribution in [0.1, 0.15) is 61.1 Å². The molecule has 0 atom stereocenters. The van der Waals surface area contributed by atoms with Gasteiger partial charge in [0.1, 0.15) is 0 Å². The fraction of sp³-hybridized carbons (Fsp3) is 0.133. The third kappa shape index (κ3) is 7.90. The lowest BCUT2D eigenvalue weighted by Gasteiger charge is -2.27. The van der Waals surface area contributed by atoms with Crippen molar-refractivity contribution in [1.29, 1.82) is 0 Å². The number of hydrogen-bond donors (Lipinski definition) is 0. The van der Waals surface area contributed by atoms with Crippen LogP contribution in [-0.2, 0) is 25.7 Å². The lowest BCUT2D eigenvalue weighted by atomic mass is 10.0. The highest BCUT2D eigenvalue weighted by Gasteiger charge is 2.18. The van der Waals surface area contributed by atoms with E-state index in [4.69, 9.17) is 0 Å². The molecule has 10 rings (SSSR count). The Morgan fingerprint density at radius 1 is 0.333 bits per heavy atom. The number of fused-ring (bicyclic) bond motifs is 5. The first-order valence-electron chi connectivity index (χ1n) is 22.6. The van der Waals surface area contributed by atoms with Gasteiger partial charge in [0.15, 0.2) is 0 Å². The minimum Gasteiger partial charge on any atom is -0.310 e. The Morgan fingerprint density at radius 2 is 0.730 bits per heavy atom. The Kier molecular flexibility index (Phi) is 11.1. The Balaban J connectivity index is 0.961. The summed E-state index contributed by atoms with van der Waals surface area (Å²) in [5, 5.41) is 7.58. The molecule has 0 N–H and O–H groups in total. The Labute approximate surface area is 376 Å². The highest BCUT2D eigenvalue weighted by atomic mass is 32.1.